The molecule has 4 nitrogen and oxygen atoms in total. The molecule has 3 N–H and O–H groups in total. The van der Waals surface area contributed by atoms with Crippen LogP contribution in [0.25, 0.3) is 0 Å². The Morgan fingerprint density at radius 2 is 1.70 bits per heavy atom. The molecule has 0 spiro atoms. The van der Waals surface area contributed by atoms with Gasteiger partial charge in [0.1, 0.15) is 24.4 Å². The molecule has 0 saturated carbocycles. The molecule has 1 saturated heterocycles. The zero-order valence-corrected chi connectivity index (χ0v) is 15.5. The summed E-state index contributed by atoms with van der Waals surface area (Å²) in [6.45, 7) is -0.988. The van der Waals surface area contributed by atoms with Crippen LogP contribution in [0.2, 0.25) is 10.0 Å². The number of aliphatic hydroxyl groups is 3. The zero-order valence-electron chi connectivity index (χ0n) is 14.0. The molecule has 1 aliphatic rings. The summed E-state index contributed by atoms with van der Waals surface area (Å²) in [6, 6.07) is 11.9. The van der Waals surface area contributed by atoms with Gasteiger partial charge in [-0.15, -0.1) is 0 Å². The minimum atomic E-state index is -3.76. The summed E-state index contributed by atoms with van der Waals surface area (Å²) < 4.78 is 33.1. The molecule has 0 amide bonds. The Morgan fingerprint density at radius 3 is 2.33 bits per heavy atom. The standard InChI is InChI=1S/C19H18Cl2F2O4/c20-13-4-1-10(2-5-13)7-12-8-11(3-6-14(12)21)17-16(25)18(26)19(22,23)15(9-24)27-17/h1-6,8,15-18,24-26H,7,9H2. The summed E-state index contributed by atoms with van der Waals surface area (Å²) in [5.74, 6) is -3.76. The molecule has 0 aliphatic carbocycles. The number of hydrogen-bond donors (Lipinski definition) is 3. The van der Waals surface area contributed by atoms with E-state index in [0.29, 0.717) is 27.6 Å². The smallest absolute Gasteiger partial charge is 0.303 e. The van der Waals surface area contributed by atoms with Crippen LogP contribution in [0.3, 0.4) is 0 Å². The van der Waals surface area contributed by atoms with Gasteiger partial charge in [0.2, 0.25) is 0 Å². The molecule has 146 valence electrons. The lowest BCUT2D eigenvalue weighted by molar-refractivity contribution is -0.296. The maximum absolute atomic E-state index is 13.9. The highest BCUT2D eigenvalue weighted by Crippen LogP contribution is 2.41. The Hall–Kier alpha value is -1.28. The van der Waals surface area contributed by atoms with E-state index in [1.54, 1.807) is 24.3 Å². The molecule has 0 radical (unpaired) electrons. The van der Waals surface area contributed by atoms with E-state index in [4.69, 9.17) is 27.9 Å². The highest BCUT2D eigenvalue weighted by atomic mass is 35.5. The van der Waals surface area contributed by atoms with Crippen molar-refractivity contribution >= 4 is 23.2 Å². The van der Waals surface area contributed by atoms with Gasteiger partial charge in [0.05, 0.1) is 6.61 Å². The number of halogens is 4. The van der Waals surface area contributed by atoms with Crippen molar-refractivity contribution in [3.63, 3.8) is 0 Å². The van der Waals surface area contributed by atoms with Gasteiger partial charge in [0, 0.05) is 10.0 Å². The first-order valence-electron chi connectivity index (χ1n) is 8.27. The fourth-order valence-electron chi connectivity index (χ4n) is 3.10. The molecule has 0 bridgehead atoms. The quantitative estimate of drug-likeness (QED) is 0.711. The number of benzene rings is 2. The van der Waals surface area contributed by atoms with Crippen molar-refractivity contribution in [2.75, 3.05) is 6.61 Å². The first kappa shape index (κ1) is 20.5. The Kier molecular flexibility index (Phi) is 6.05. The van der Waals surface area contributed by atoms with Crippen molar-refractivity contribution in [2.45, 2.75) is 36.8 Å². The second kappa shape index (κ2) is 7.99. The summed E-state index contributed by atoms with van der Waals surface area (Å²) in [4.78, 5) is 0. The molecule has 4 unspecified atom stereocenters. The van der Waals surface area contributed by atoms with Crippen LogP contribution in [0.1, 0.15) is 22.8 Å². The molecule has 3 rings (SSSR count). The molecule has 0 aromatic heterocycles. The lowest BCUT2D eigenvalue weighted by Gasteiger charge is -2.42. The maximum atomic E-state index is 13.9. The van der Waals surface area contributed by atoms with Crippen LogP contribution in [0.15, 0.2) is 42.5 Å². The second-order valence-corrected chi connectivity index (χ2v) is 7.34. The lowest BCUT2D eigenvalue weighted by Crippen LogP contribution is -2.59. The topological polar surface area (TPSA) is 69.9 Å². The van der Waals surface area contributed by atoms with Crippen LogP contribution < -0.4 is 0 Å². The van der Waals surface area contributed by atoms with Crippen molar-refractivity contribution in [3.8, 4) is 0 Å². The third-order valence-corrected chi connectivity index (χ3v) is 5.26. The van der Waals surface area contributed by atoms with Gasteiger partial charge >= 0.3 is 5.92 Å². The van der Waals surface area contributed by atoms with E-state index in [1.807, 2.05) is 12.1 Å². The second-order valence-electron chi connectivity index (χ2n) is 6.49. The molecule has 1 aliphatic heterocycles. The first-order valence-corrected chi connectivity index (χ1v) is 9.02. The van der Waals surface area contributed by atoms with Crippen LogP contribution in [0, 0.1) is 0 Å². The summed E-state index contributed by atoms with van der Waals surface area (Å²) in [6.07, 6.45) is -6.90. The number of alkyl halides is 2. The van der Waals surface area contributed by atoms with Crippen molar-refractivity contribution < 1.29 is 28.8 Å². The Labute approximate surface area is 164 Å². The van der Waals surface area contributed by atoms with Gasteiger partial charge in [-0.25, -0.2) is 8.78 Å². The van der Waals surface area contributed by atoms with E-state index in [9.17, 15) is 24.1 Å². The summed E-state index contributed by atoms with van der Waals surface area (Å²) in [5.41, 5.74) is 2.01. The largest absolute Gasteiger partial charge is 0.393 e. The number of hydrogen-bond acceptors (Lipinski definition) is 4. The van der Waals surface area contributed by atoms with Gasteiger partial charge in [-0.3, -0.25) is 0 Å². The average molecular weight is 419 g/mol. The predicted octanol–water partition coefficient (Wildman–Crippen LogP) is 3.37. The minimum absolute atomic E-state index is 0.379. The molecular weight excluding hydrogens is 401 g/mol. The molecule has 2 aromatic carbocycles. The van der Waals surface area contributed by atoms with Gasteiger partial charge < -0.3 is 20.1 Å². The van der Waals surface area contributed by atoms with Gasteiger partial charge in [-0.1, -0.05) is 47.5 Å². The fourth-order valence-corrected chi connectivity index (χ4v) is 3.41. The van der Waals surface area contributed by atoms with Crippen LogP contribution in [0.4, 0.5) is 8.78 Å². The monoisotopic (exact) mass is 418 g/mol. The normalized spacial score (nSPS) is 27.5. The van der Waals surface area contributed by atoms with Crippen LogP contribution in [0.5, 0.6) is 0 Å². The van der Waals surface area contributed by atoms with Gasteiger partial charge in [0.15, 0.2) is 0 Å². The van der Waals surface area contributed by atoms with Gasteiger partial charge in [0.25, 0.3) is 0 Å². The zero-order chi connectivity index (χ0) is 19.8. The SMILES string of the molecule is OCC1OC(c2ccc(Cl)c(Cc3ccc(Cl)cc3)c2)C(O)C(O)C1(F)F. The molecule has 1 fully saturated rings. The predicted molar refractivity (Wildman–Crippen MR) is 97.4 cm³/mol. The van der Waals surface area contributed by atoms with Crippen molar-refractivity contribution in [1.29, 1.82) is 0 Å². The minimum Gasteiger partial charge on any atom is -0.393 e. The molecular formula is C19H18Cl2F2O4. The van der Waals surface area contributed by atoms with E-state index < -0.39 is 36.9 Å². The van der Waals surface area contributed by atoms with Crippen LogP contribution in [-0.2, 0) is 11.2 Å². The summed E-state index contributed by atoms with van der Waals surface area (Å²) in [7, 11) is 0. The number of rotatable bonds is 4. The first-order chi connectivity index (χ1) is 12.7. The van der Waals surface area contributed by atoms with Crippen molar-refractivity contribution in [2.24, 2.45) is 0 Å². The Morgan fingerprint density at radius 1 is 1.04 bits per heavy atom. The highest BCUT2D eigenvalue weighted by molar-refractivity contribution is 6.31. The Balaban J connectivity index is 1.89. The van der Waals surface area contributed by atoms with Crippen molar-refractivity contribution in [3.05, 3.63) is 69.2 Å². The summed E-state index contributed by atoms with van der Waals surface area (Å²) in [5, 5.41) is 30.2. The third kappa shape index (κ3) is 4.11. The third-order valence-electron chi connectivity index (χ3n) is 4.64. The molecule has 27 heavy (non-hydrogen) atoms. The fraction of sp³-hybridized carbons (Fsp3) is 0.368. The molecule has 4 atom stereocenters. The van der Waals surface area contributed by atoms with E-state index in [2.05, 4.69) is 0 Å². The molecule has 8 heteroatoms. The van der Waals surface area contributed by atoms with Gasteiger partial charge in [-0.05, 0) is 41.3 Å². The van der Waals surface area contributed by atoms with Crippen LogP contribution in [-0.4, -0.2) is 46.2 Å². The van der Waals surface area contributed by atoms with E-state index in [0.717, 1.165) is 5.56 Å². The molecule has 2 aromatic rings. The average Bonchev–Trinajstić information content (AvgIpc) is 2.64. The maximum Gasteiger partial charge on any atom is 0.303 e. The van der Waals surface area contributed by atoms with E-state index >= 15 is 0 Å². The lowest BCUT2D eigenvalue weighted by atomic mass is 9.89. The van der Waals surface area contributed by atoms with E-state index in [-0.39, 0.29) is 0 Å². The molecule has 1 heterocycles. The highest BCUT2D eigenvalue weighted by Gasteiger charge is 2.57. The number of ether oxygens (including phenoxy) is 1. The van der Waals surface area contributed by atoms with Crippen LogP contribution >= 0.6 is 23.2 Å². The van der Waals surface area contributed by atoms with E-state index in [1.165, 1.54) is 6.07 Å². The van der Waals surface area contributed by atoms with Crippen molar-refractivity contribution in [1.82, 2.24) is 0 Å². The van der Waals surface area contributed by atoms with Gasteiger partial charge in [-0.2, -0.15) is 0 Å². The number of aliphatic hydroxyl groups excluding tert-OH is 3. The Bertz CT molecular complexity index is 797. The summed E-state index contributed by atoms with van der Waals surface area (Å²) >= 11 is 12.1.